The minimum absolute atomic E-state index is 0.0342. The Morgan fingerprint density at radius 1 is 0.881 bits per heavy atom. The molecule has 1 aromatic heterocycles. The molecule has 0 unspecified atom stereocenters. The van der Waals surface area contributed by atoms with Gasteiger partial charge in [0.15, 0.2) is 5.88 Å². The quantitative estimate of drug-likeness (QED) is 0.154. The highest BCUT2D eigenvalue weighted by molar-refractivity contribution is 9.10. The zero-order chi connectivity index (χ0) is 28.9. The number of carbonyl (C=O) groups excluding carboxylic acids is 1. The molecule has 42 heavy (non-hydrogen) atoms. The van der Waals surface area contributed by atoms with E-state index >= 15 is 0 Å². The van der Waals surface area contributed by atoms with Crippen LogP contribution in [0.15, 0.2) is 107 Å². The van der Waals surface area contributed by atoms with E-state index in [0.29, 0.717) is 17.0 Å². The molecule has 0 aliphatic carbocycles. The van der Waals surface area contributed by atoms with Crippen LogP contribution in [0.2, 0.25) is 0 Å². The van der Waals surface area contributed by atoms with E-state index in [0.717, 1.165) is 51.8 Å². The topological polar surface area (TPSA) is 80.7 Å². The molecule has 1 saturated heterocycles. The molecular weight excluding hydrogens is 588 g/mol. The van der Waals surface area contributed by atoms with Crippen LogP contribution in [0.5, 0.6) is 5.88 Å². The number of halogens is 1. The van der Waals surface area contributed by atoms with Gasteiger partial charge < -0.3 is 15.4 Å². The van der Waals surface area contributed by atoms with Crippen molar-refractivity contribution in [2.45, 2.75) is 32.2 Å². The van der Waals surface area contributed by atoms with E-state index in [2.05, 4.69) is 43.3 Å². The molecule has 0 atom stereocenters. The van der Waals surface area contributed by atoms with Crippen LogP contribution < -0.4 is 5.32 Å². The molecule has 4 aromatic carbocycles. The SMILES string of the molecule is O=C(Cc1cccc(Br)c1)Nc1ccc2[nH]c(O)c(C(=Nc3ccc(CN4CCCCC4)cc3)c3ccccc3)c2c1. The summed E-state index contributed by atoms with van der Waals surface area (Å²) in [5.41, 5.74) is 6.54. The maximum atomic E-state index is 12.9. The Kier molecular flexibility index (Phi) is 8.49. The lowest BCUT2D eigenvalue weighted by atomic mass is 10.0. The van der Waals surface area contributed by atoms with Crippen molar-refractivity contribution < 1.29 is 9.90 Å². The van der Waals surface area contributed by atoms with Crippen LogP contribution in [-0.2, 0) is 17.8 Å². The molecule has 1 aliphatic heterocycles. The van der Waals surface area contributed by atoms with E-state index in [-0.39, 0.29) is 18.2 Å². The van der Waals surface area contributed by atoms with Gasteiger partial charge in [0.05, 0.1) is 23.4 Å². The van der Waals surface area contributed by atoms with E-state index in [9.17, 15) is 9.90 Å². The van der Waals surface area contributed by atoms with Gasteiger partial charge in [-0.2, -0.15) is 0 Å². The number of carbonyl (C=O) groups is 1. The second-order valence-corrected chi connectivity index (χ2v) is 11.7. The van der Waals surface area contributed by atoms with E-state index in [1.54, 1.807) is 0 Å². The Hall–Kier alpha value is -4.20. The number of aliphatic imine (C=N–C) groups is 1. The number of benzene rings is 4. The number of nitrogens with one attached hydrogen (secondary N) is 2. The van der Waals surface area contributed by atoms with Crippen LogP contribution in [0, 0.1) is 0 Å². The van der Waals surface area contributed by atoms with Crippen molar-refractivity contribution in [3.63, 3.8) is 0 Å². The summed E-state index contributed by atoms with van der Waals surface area (Å²) in [6.45, 7) is 3.27. The van der Waals surface area contributed by atoms with Crippen molar-refractivity contribution in [3.05, 3.63) is 124 Å². The number of hydrogen-bond donors (Lipinski definition) is 3. The van der Waals surface area contributed by atoms with Crippen molar-refractivity contribution in [2.24, 2.45) is 4.99 Å². The normalized spacial score (nSPS) is 14.3. The van der Waals surface area contributed by atoms with Crippen molar-refractivity contribution in [1.29, 1.82) is 0 Å². The molecule has 1 aliphatic rings. The third kappa shape index (κ3) is 6.64. The van der Waals surface area contributed by atoms with Gasteiger partial charge in [0, 0.05) is 33.2 Å². The van der Waals surface area contributed by atoms with Crippen LogP contribution in [0.3, 0.4) is 0 Å². The lowest BCUT2D eigenvalue weighted by Crippen LogP contribution is -2.28. The van der Waals surface area contributed by atoms with Gasteiger partial charge in [-0.1, -0.05) is 76.9 Å². The number of H-pyrrole nitrogens is 1. The molecule has 212 valence electrons. The van der Waals surface area contributed by atoms with Crippen molar-refractivity contribution in [3.8, 4) is 5.88 Å². The number of fused-ring (bicyclic) bond motifs is 1. The molecular formula is C35H33BrN4O2. The van der Waals surface area contributed by atoms with E-state index in [4.69, 9.17) is 4.99 Å². The summed E-state index contributed by atoms with van der Waals surface area (Å²) in [6, 6.07) is 31.6. The highest BCUT2D eigenvalue weighted by Gasteiger charge is 2.20. The van der Waals surface area contributed by atoms with Crippen LogP contribution in [-0.4, -0.2) is 39.7 Å². The zero-order valence-electron chi connectivity index (χ0n) is 23.3. The molecule has 6 rings (SSSR count). The van der Waals surface area contributed by atoms with E-state index in [1.807, 2.05) is 84.9 Å². The molecule has 0 radical (unpaired) electrons. The number of amides is 1. The smallest absolute Gasteiger partial charge is 0.228 e. The number of anilines is 1. The van der Waals surface area contributed by atoms with Gasteiger partial charge in [-0.25, -0.2) is 4.99 Å². The minimum atomic E-state index is -0.115. The maximum absolute atomic E-state index is 12.9. The molecule has 2 heterocycles. The highest BCUT2D eigenvalue weighted by atomic mass is 79.9. The fourth-order valence-electron chi connectivity index (χ4n) is 5.57. The third-order valence-corrected chi connectivity index (χ3v) is 8.13. The average Bonchev–Trinajstić information content (AvgIpc) is 3.32. The molecule has 0 bridgehead atoms. The van der Waals surface area contributed by atoms with Crippen molar-refractivity contribution >= 4 is 49.8 Å². The summed E-state index contributed by atoms with van der Waals surface area (Å²) in [5, 5.41) is 14.9. The van der Waals surface area contributed by atoms with Gasteiger partial charge in [-0.05, 0) is 79.5 Å². The standard InChI is InChI=1S/C35H33BrN4O2/c36-27-11-7-8-25(20-27)21-32(41)37-29-16-17-31-30(22-29)33(35(42)39-31)34(26-9-3-1-4-10-26)38-28-14-12-24(13-15-28)23-40-18-5-2-6-19-40/h1,3-4,7-17,20,22,39,42H,2,5-6,18-19,21,23H2,(H,37,41). The Morgan fingerprint density at radius 3 is 2.43 bits per heavy atom. The number of rotatable bonds is 8. The predicted molar refractivity (Wildman–Crippen MR) is 174 cm³/mol. The minimum Gasteiger partial charge on any atom is -0.494 e. The number of likely N-dealkylation sites (tertiary alicyclic amines) is 1. The number of aromatic nitrogens is 1. The molecule has 1 fully saturated rings. The van der Waals surface area contributed by atoms with E-state index < -0.39 is 0 Å². The third-order valence-electron chi connectivity index (χ3n) is 7.63. The average molecular weight is 622 g/mol. The van der Waals surface area contributed by atoms with Gasteiger partial charge in [0.25, 0.3) is 0 Å². The van der Waals surface area contributed by atoms with E-state index in [1.165, 1.54) is 24.8 Å². The van der Waals surface area contributed by atoms with Crippen LogP contribution in [0.1, 0.15) is 41.5 Å². The largest absolute Gasteiger partial charge is 0.494 e. The second kappa shape index (κ2) is 12.8. The molecule has 3 N–H and O–H groups in total. The highest BCUT2D eigenvalue weighted by Crippen LogP contribution is 2.33. The molecule has 0 spiro atoms. The number of nitrogens with zero attached hydrogens (tertiary/aromatic N) is 2. The summed E-state index contributed by atoms with van der Waals surface area (Å²) < 4.78 is 0.936. The van der Waals surface area contributed by atoms with Gasteiger partial charge >= 0.3 is 0 Å². The fraction of sp³-hybridized carbons (Fsp3) is 0.200. The Bertz CT molecular complexity index is 1720. The zero-order valence-corrected chi connectivity index (χ0v) is 24.9. The summed E-state index contributed by atoms with van der Waals surface area (Å²) in [7, 11) is 0. The lowest BCUT2D eigenvalue weighted by Gasteiger charge is -2.26. The molecule has 5 aromatic rings. The first-order valence-electron chi connectivity index (χ1n) is 14.4. The number of aromatic amines is 1. The summed E-state index contributed by atoms with van der Waals surface area (Å²) in [4.78, 5) is 23.5. The molecule has 1 amide bonds. The predicted octanol–water partition coefficient (Wildman–Crippen LogP) is 7.97. The van der Waals surface area contributed by atoms with Crippen LogP contribution in [0.4, 0.5) is 11.4 Å². The molecule has 6 nitrogen and oxygen atoms in total. The summed E-state index contributed by atoms with van der Waals surface area (Å²) in [5.74, 6) is -0.0812. The van der Waals surface area contributed by atoms with Gasteiger partial charge in [0.1, 0.15) is 0 Å². The van der Waals surface area contributed by atoms with Crippen LogP contribution >= 0.6 is 15.9 Å². The van der Waals surface area contributed by atoms with Gasteiger partial charge in [-0.15, -0.1) is 0 Å². The lowest BCUT2D eigenvalue weighted by molar-refractivity contribution is -0.115. The Morgan fingerprint density at radius 2 is 1.67 bits per heavy atom. The summed E-state index contributed by atoms with van der Waals surface area (Å²) >= 11 is 3.46. The molecule has 0 saturated carbocycles. The monoisotopic (exact) mass is 620 g/mol. The van der Waals surface area contributed by atoms with Gasteiger partial charge in [-0.3, -0.25) is 9.69 Å². The first-order chi connectivity index (χ1) is 20.5. The second-order valence-electron chi connectivity index (χ2n) is 10.8. The first-order valence-corrected chi connectivity index (χ1v) is 15.2. The maximum Gasteiger partial charge on any atom is 0.228 e. The fourth-order valence-corrected chi connectivity index (χ4v) is 6.02. The number of aromatic hydroxyl groups is 1. The number of hydrogen-bond acceptors (Lipinski definition) is 4. The first kappa shape index (κ1) is 27.9. The van der Waals surface area contributed by atoms with Crippen molar-refractivity contribution in [1.82, 2.24) is 9.88 Å². The van der Waals surface area contributed by atoms with Crippen LogP contribution in [0.25, 0.3) is 10.9 Å². The Balaban J connectivity index is 1.31. The van der Waals surface area contributed by atoms with Gasteiger partial charge in [0.2, 0.25) is 5.91 Å². The molecule has 7 heteroatoms. The van der Waals surface area contributed by atoms with Crippen molar-refractivity contribution in [2.75, 3.05) is 18.4 Å². The Labute approximate surface area is 254 Å². The number of piperidine rings is 1. The summed E-state index contributed by atoms with van der Waals surface area (Å²) in [6.07, 6.45) is 4.13.